The van der Waals surface area contributed by atoms with E-state index in [1.807, 2.05) is 12.1 Å². The summed E-state index contributed by atoms with van der Waals surface area (Å²) in [5.41, 5.74) is 0. The van der Waals surface area contributed by atoms with E-state index in [9.17, 15) is 0 Å². The molecule has 12 heavy (non-hydrogen) atoms. The van der Waals surface area contributed by atoms with E-state index in [1.54, 1.807) is 19.4 Å². The highest BCUT2D eigenvalue weighted by Gasteiger charge is 1.82. The fraction of sp³-hybridized carbons (Fsp3) is 0.250. The van der Waals surface area contributed by atoms with Crippen LogP contribution in [-0.4, -0.2) is 25.7 Å². The zero-order valence-electron chi connectivity index (χ0n) is 7.06. The van der Waals surface area contributed by atoms with Gasteiger partial charge < -0.3 is 9.47 Å². The van der Waals surface area contributed by atoms with Crippen molar-refractivity contribution in [1.82, 2.24) is 4.98 Å². The summed E-state index contributed by atoms with van der Waals surface area (Å²) in [6, 6.07) is 5.54. The maximum Gasteiger partial charge on any atom is 0.292 e. The average Bonchev–Trinajstić information content (AvgIpc) is 2.19. The van der Waals surface area contributed by atoms with Crippen molar-refractivity contribution in [2.75, 3.05) is 14.2 Å². The van der Waals surface area contributed by atoms with Crippen molar-refractivity contribution in [2.24, 2.45) is 0 Å². The number of carbonyl (C=O) groups excluding carboxylic acids is 1. The molecule has 0 atom stereocenters. The van der Waals surface area contributed by atoms with Crippen molar-refractivity contribution < 1.29 is 14.3 Å². The largest absolute Gasteiger partial charge is 0.481 e. The van der Waals surface area contributed by atoms with Gasteiger partial charge in [-0.3, -0.25) is 4.79 Å². The average molecular weight is 169 g/mol. The van der Waals surface area contributed by atoms with Crippen LogP contribution in [-0.2, 0) is 9.53 Å². The van der Waals surface area contributed by atoms with Crippen LogP contribution in [0.5, 0.6) is 5.88 Å². The fourth-order valence-electron chi connectivity index (χ4n) is 0.468. The minimum absolute atomic E-state index is 0.375. The third kappa shape index (κ3) is 5.22. The summed E-state index contributed by atoms with van der Waals surface area (Å²) in [7, 11) is 2.91. The Hall–Kier alpha value is -1.58. The number of aromatic nitrogens is 1. The van der Waals surface area contributed by atoms with Gasteiger partial charge in [-0.2, -0.15) is 0 Å². The minimum atomic E-state index is 0.375. The number of hydrogen-bond donors (Lipinski definition) is 0. The molecule has 4 nitrogen and oxygen atoms in total. The molecule has 0 spiro atoms. The summed E-state index contributed by atoms with van der Waals surface area (Å²) < 4.78 is 8.66. The van der Waals surface area contributed by atoms with Crippen LogP contribution in [0.3, 0.4) is 0 Å². The Morgan fingerprint density at radius 3 is 2.33 bits per heavy atom. The van der Waals surface area contributed by atoms with Crippen molar-refractivity contribution >= 4 is 6.47 Å². The third-order valence-corrected chi connectivity index (χ3v) is 0.943. The zero-order valence-corrected chi connectivity index (χ0v) is 7.06. The van der Waals surface area contributed by atoms with E-state index >= 15 is 0 Å². The van der Waals surface area contributed by atoms with E-state index in [1.165, 1.54) is 7.11 Å². The van der Waals surface area contributed by atoms with E-state index in [0.29, 0.717) is 12.4 Å². The van der Waals surface area contributed by atoms with E-state index in [0.717, 1.165) is 0 Å². The first kappa shape index (κ1) is 10.4. The van der Waals surface area contributed by atoms with Crippen molar-refractivity contribution in [3.63, 3.8) is 0 Å². The van der Waals surface area contributed by atoms with Crippen LogP contribution in [0, 0.1) is 0 Å². The smallest absolute Gasteiger partial charge is 0.292 e. The van der Waals surface area contributed by atoms with Gasteiger partial charge in [0.05, 0.1) is 14.2 Å². The predicted octanol–water partition coefficient (Wildman–Crippen LogP) is 0.879. The predicted molar refractivity (Wildman–Crippen MR) is 43.9 cm³/mol. The molecule has 0 radical (unpaired) electrons. The number of carbonyl (C=O) groups is 1. The third-order valence-electron chi connectivity index (χ3n) is 0.943. The molecule has 0 aromatic carbocycles. The minimum Gasteiger partial charge on any atom is -0.481 e. The molecule has 0 aliphatic carbocycles. The summed E-state index contributed by atoms with van der Waals surface area (Å²) in [4.78, 5) is 12.8. The lowest BCUT2D eigenvalue weighted by Crippen LogP contribution is -1.83. The first-order valence-electron chi connectivity index (χ1n) is 3.26. The Bertz CT molecular complexity index is 201. The second-order valence-electron chi connectivity index (χ2n) is 1.70. The summed E-state index contributed by atoms with van der Waals surface area (Å²) in [5.74, 6) is 0.660. The second kappa shape index (κ2) is 7.53. The number of nitrogens with zero attached hydrogens (tertiary/aromatic N) is 1. The standard InChI is InChI=1S/C6H7NO.C2H4O2/c1-8-6-4-2-3-5-7-6;1-4-2-3/h2-5H,1H3;2H,1H3. The molecule has 1 rings (SSSR count). The molecule has 0 bridgehead atoms. The van der Waals surface area contributed by atoms with Crippen LogP contribution in [0.1, 0.15) is 0 Å². The maximum absolute atomic E-state index is 8.95. The van der Waals surface area contributed by atoms with Crippen LogP contribution < -0.4 is 4.74 Å². The SMILES string of the molecule is COC=O.COc1ccccn1. The van der Waals surface area contributed by atoms with E-state index in [4.69, 9.17) is 9.53 Å². The molecule has 0 saturated heterocycles. The molecule has 0 unspecified atom stereocenters. The number of methoxy groups -OCH3 is 2. The Balaban J connectivity index is 0.000000261. The summed E-state index contributed by atoms with van der Waals surface area (Å²) in [5, 5.41) is 0. The Morgan fingerprint density at radius 2 is 2.08 bits per heavy atom. The van der Waals surface area contributed by atoms with E-state index in [-0.39, 0.29) is 0 Å². The Kier molecular flexibility index (Phi) is 6.54. The Labute approximate surface area is 71.1 Å². The highest BCUT2D eigenvalue weighted by atomic mass is 16.5. The summed E-state index contributed by atoms with van der Waals surface area (Å²) >= 11 is 0. The molecule has 0 aliphatic heterocycles. The zero-order chi connectivity index (χ0) is 9.23. The van der Waals surface area contributed by atoms with Gasteiger partial charge in [0, 0.05) is 12.3 Å². The maximum atomic E-state index is 8.95. The summed E-state index contributed by atoms with van der Waals surface area (Å²) in [6.45, 7) is 0.375. The fourth-order valence-corrected chi connectivity index (χ4v) is 0.468. The van der Waals surface area contributed by atoms with Crippen LogP contribution in [0.15, 0.2) is 24.4 Å². The van der Waals surface area contributed by atoms with Gasteiger partial charge >= 0.3 is 0 Å². The van der Waals surface area contributed by atoms with Crippen LogP contribution in [0.4, 0.5) is 0 Å². The van der Waals surface area contributed by atoms with Gasteiger partial charge in [0.15, 0.2) is 0 Å². The Morgan fingerprint density at radius 1 is 1.42 bits per heavy atom. The van der Waals surface area contributed by atoms with Crippen molar-refractivity contribution in [3.05, 3.63) is 24.4 Å². The van der Waals surface area contributed by atoms with Crippen molar-refractivity contribution in [2.45, 2.75) is 0 Å². The molecule has 1 aromatic rings. The normalized spacial score (nSPS) is 7.50. The number of hydrogen-bond acceptors (Lipinski definition) is 4. The quantitative estimate of drug-likeness (QED) is 0.616. The molecule has 0 aliphatic rings. The van der Waals surface area contributed by atoms with Crippen LogP contribution in [0.25, 0.3) is 0 Å². The molecule has 0 saturated carbocycles. The van der Waals surface area contributed by atoms with Gasteiger partial charge in [-0.15, -0.1) is 0 Å². The number of ether oxygens (including phenoxy) is 2. The highest BCUT2D eigenvalue weighted by molar-refractivity contribution is 5.36. The lowest BCUT2D eigenvalue weighted by molar-refractivity contribution is -0.126. The topological polar surface area (TPSA) is 48.4 Å². The molecular weight excluding hydrogens is 158 g/mol. The molecule has 4 heteroatoms. The van der Waals surface area contributed by atoms with E-state index in [2.05, 4.69) is 9.72 Å². The van der Waals surface area contributed by atoms with Crippen molar-refractivity contribution in [3.8, 4) is 5.88 Å². The second-order valence-corrected chi connectivity index (χ2v) is 1.70. The van der Waals surface area contributed by atoms with Gasteiger partial charge in [-0.25, -0.2) is 4.98 Å². The van der Waals surface area contributed by atoms with Crippen molar-refractivity contribution in [1.29, 1.82) is 0 Å². The summed E-state index contributed by atoms with van der Waals surface area (Å²) in [6.07, 6.45) is 1.69. The molecule has 1 heterocycles. The lowest BCUT2D eigenvalue weighted by atomic mass is 10.5. The number of pyridine rings is 1. The monoisotopic (exact) mass is 169 g/mol. The first-order valence-corrected chi connectivity index (χ1v) is 3.26. The molecule has 0 N–H and O–H groups in total. The number of rotatable bonds is 2. The van der Waals surface area contributed by atoms with Gasteiger partial charge in [-0.05, 0) is 6.07 Å². The van der Waals surface area contributed by atoms with Gasteiger partial charge in [0.2, 0.25) is 5.88 Å². The van der Waals surface area contributed by atoms with Gasteiger partial charge in [0.25, 0.3) is 6.47 Å². The van der Waals surface area contributed by atoms with Crippen LogP contribution >= 0.6 is 0 Å². The lowest BCUT2D eigenvalue weighted by Gasteiger charge is -1.92. The molecule has 0 amide bonds. The highest BCUT2D eigenvalue weighted by Crippen LogP contribution is 1.99. The van der Waals surface area contributed by atoms with Gasteiger partial charge in [0.1, 0.15) is 0 Å². The van der Waals surface area contributed by atoms with E-state index < -0.39 is 0 Å². The molecule has 1 aromatic heterocycles. The first-order chi connectivity index (χ1) is 5.85. The molecule has 0 fully saturated rings. The molecule has 66 valence electrons. The van der Waals surface area contributed by atoms with Gasteiger partial charge in [-0.1, -0.05) is 6.07 Å². The van der Waals surface area contributed by atoms with Crippen LogP contribution in [0.2, 0.25) is 0 Å². The molecular formula is C8H11NO3.